The Balaban J connectivity index is 1.61. The summed E-state index contributed by atoms with van der Waals surface area (Å²) in [5.74, 6) is 0. The fourth-order valence-corrected chi connectivity index (χ4v) is 4.40. The second kappa shape index (κ2) is 7.99. The first kappa shape index (κ1) is 17.8. The van der Waals surface area contributed by atoms with Crippen LogP contribution in [-0.2, 0) is 11.3 Å². The van der Waals surface area contributed by atoms with Gasteiger partial charge in [-0.1, -0.05) is 48.2 Å². The molecule has 1 aromatic heterocycles. The molecule has 3 aromatic rings. The van der Waals surface area contributed by atoms with Gasteiger partial charge in [-0.25, -0.2) is 0 Å². The molecule has 1 aliphatic heterocycles. The molecule has 136 valence electrons. The highest BCUT2D eigenvalue weighted by atomic mass is 32.2. The van der Waals surface area contributed by atoms with Gasteiger partial charge in [0.15, 0.2) is 12.7 Å². The van der Waals surface area contributed by atoms with Crippen molar-refractivity contribution in [1.82, 2.24) is 0 Å². The minimum absolute atomic E-state index is 0.708. The van der Waals surface area contributed by atoms with Crippen molar-refractivity contribution < 1.29 is 9.30 Å². The van der Waals surface area contributed by atoms with Gasteiger partial charge in [-0.3, -0.25) is 0 Å². The highest BCUT2D eigenvalue weighted by Gasteiger charge is 2.20. The zero-order chi connectivity index (χ0) is 18.6. The maximum absolute atomic E-state index is 5.23. The Bertz CT molecular complexity index is 1030. The van der Waals surface area contributed by atoms with Crippen LogP contribution in [0.5, 0.6) is 0 Å². The minimum atomic E-state index is 0.708. The predicted molar refractivity (Wildman–Crippen MR) is 114 cm³/mol. The molecule has 27 heavy (non-hydrogen) atoms. The molecule has 0 fully saturated rings. The van der Waals surface area contributed by atoms with Crippen molar-refractivity contribution in [3.8, 4) is 0 Å². The molecule has 2 heterocycles. The molecule has 0 N–H and O–H groups in total. The quantitative estimate of drug-likeness (QED) is 0.592. The van der Waals surface area contributed by atoms with Gasteiger partial charge in [-0.15, -0.1) is 0 Å². The lowest BCUT2D eigenvalue weighted by Crippen LogP contribution is -2.36. The van der Waals surface area contributed by atoms with Crippen LogP contribution in [0.15, 0.2) is 82.9 Å². The molecule has 0 saturated carbocycles. The molecule has 0 aliphatic carbocycles. The maximum atomic E-state index is 5.23. The number of methoxy groups -OCH3 is 1. The number of pyridine rings is 1. The molecule has 1 aliphatic rings. The molecule has 0 amide bonds. The maximum Gasteiger partial charge on any atom is 0.213 e. The van der Waals surface area contributed by atoms with Crippen LogP contribution < -0.4 is 9.47 Å². The summed E-state index contributed by atoms with van der Waals surface area (Å²) >= 11 is 1.81. The summed E-state index contributed by atoms with van der Waals surface area (Å²) in [6.45, 7) is 1.56. The van der Waals surface area contributed by atoms with Crippen LogP contribution in [0, 0.1) is 0 Å². The summed E-state index contributed by atoms with van der Waals surface area (Å²) < 4.78 is 7.48. The number of nitrogens with zero attached hydrogens (tertiary/aromatic N) is 2. The van der Waals surface area contributed by atoms with Gasteiger partial charge in [0.1, 0.15) is 6.61 Å². The Morgan fingerprint density at radius 2 is 1.89 bits per heavy atom. The number of rotatable bonds is 5. The smallest absolute Gasteiger partial charge is 0.213 e. The van der Waals surface area contributed by atoms with Crippen molar-refractivity contribution in [1.29, 1.82) is 0 Å². The van der Waals surface area contributed by atoms with E-state index in [9.17, 15) is 0 Å². The molecular formula is C23H23N2OS+. The van der Waals surface area contributed by atoms with Crippen molar-refractivity contribution in [2.45, 2.75) is 11.4 Å². The average Bonchev–Trinajstić information content (AvgIpc) is 3.03. The van der Waals surface area contributed by atoms with Crippen LogP contribution in [0.2, 0.25) is 0 Å². The van der Waals surface area contributed by atoms with E-state index in [1.807, 2.05) is 11.8 Å². The summed E-state index contributed by atoms with van der Waals surface area (Å²) in [6.07, 6.45) is 8.66. The third-order valence-corrected chi connectivity index (χ3v) is 5.97. The van der Waals surface area contributed by atoms with E-state index in [4.69, 9.17) is 4.74 Å². The number of anilines is 1. The lowest BCUT2D eigenvalue weighted by molar-refractivity contribution is -0.673. The number of hydrogen-bond donors (Lipinski definition) is 0. The standard InChI is InChI=1S/C23H23N2OS/c1-24-21-11-5-6-12-22(21)27-23(24)13-7-8-18-14-15-25(16-17-26-2)20-10-4-3-9-19(18)20/h3-15H,16-17H2,1-2H3/q+1. The first-order chi connectivity index (χ1) is 13.3. The molecule has 0 spiro atoms. The van der Waals surface area contributed by atoms with Crippen molar-refractivity contribution in [3.63, 3.8) is 0 Å². The monoisotopic (exact) mass is 375 g/mol. The summed E-state index contributed by atoms with van der Waals surface area (Å²) in [5, 5.41) is 2.49. The van der Waals surface area contributed by atoms with Crippen LogP contribution in [0.1, 0.15) is 5.56 Å². The largest absolute Gasteiger partial charge is 0.378 e. The van der Waals surface area contributed by atoms with Crippen molar-refractivity contribution in [3.05, 3.63) is 83.5 Å². The number of para-hydroxylation sites is 2. The van der Waals surface area contributed by atoms with E-state index >= 15 is 0 Å². The molecule has 4 heteroatoms. The topological polar surface area (TPSA) is 16.4 Å². The van der Waals surface area contributed by atoms with Gasteiger partial charge in [0, 0.05) is 31.2 Å². The second-order valence-electron chi connectivity index (χ2n) is 6.47. The van der Waals surface area contributed by atoms with E-state index in [0.717, 1.165) is 6.54 Å². The molecule has 0 bridgehead atoms. The first-order valence-corrected chi connectivity index (χ1v) is 9.88. The van der Waals surface area contributed by atoms with E-state index in [2.05, 4.69) is 95.5 Å². The van der Waals surface area contributed by atoms with Crippen LogP contribution in [-0.4, -0.2) is 20.8 Å². The highest BCUT2D eigenvalue weighted by molar-refractivity contribution is 8.03. The van der Waals surface area contributed by atoms with Gasteiger partial charge in [0.2, 0.25) is 5.52 Å². The van der Waals surface area contributed by atoms with Crippen LogP contribution in [0.25, 0.3) is 17.0 Å². The van der Waals surface area contributed by atoms with Crippen molar-refractivity contribution >= 4 is 34.4 Å². The van der Waals surface area contributed by atoms with Crippen molar-refractivity contribution in [2.24, 2.45) is 0 Å². The van der Waals surface area contributed by atoms with Gasteiger partial charge in [-0.05, 0) is 29.8 Å². The van der Waals surface area contributed by atoms with E-state index < -0.39 is 0 Å². The molecule has 4 rings (SSSR count). The Hall–Kier alpha value is -2.56. The third kappa shape index (κ3) is 3.64. The van der Waals surface area contributed by atoms with E-state index in [1.165, 1.54) is 32.1 Å². The molecule has 3 nitrogen and oxygen atoms in total. The number of ether oxygens (including phenoxy) is 1. The number of fused-ring (bicyclic) bond motifs is 2. The molecule has 0 unspecified atom stereocenters. The highest BCUT2D eigenvalue weighted by Crippen LogP contribution is 2.44. The predicted octanol–water partition coefficient (Wildman–Crippen LogP) is 4.87. The molecule has 0 atom stereocenters. The van der Waals surface area contributed by atoms with Crippen LogP contribution in [0.3, 0.4) is 0 Å². The Morgan fingerprint density at radius 3 is 2.74 bits per heavy atom. The van der Waals surface area contributed by atoms with E-state index in [0.29, 0.717) is 6.61 Å². The number of allylic oxidation sites excluding steroid dienone is 2. The minimum Gasteiger partial charge on any atom is -0.378 e. The van der Waals surface area contributed by atoms with Gasteiger partial charge in [0.05, 0.1) is 16.1 Å². The van der Waals surface area contributed by atoms with Gasteiger partial charge >= 0.3 is 0 Å². The molecule has 0 radical (unpaired) electrons. The Labute approximate surface area is 164 Å². The summed E-state index contributed by atoms with van der Waals surface area (Å²) in [5.41, 5.74) is 3.72. The molecular weight excluding hydrogens is 352 g/mol. The van der Waals surface area contributed by atoms with Gasteiger partial charge in [-0.2, -0.15) is 4.57 Å². The zero-order valence-corrected chi connectivity index (χ0v) is 16.4. The summed E-state index contributed by atoms with van der Waals surface area (Å²) in [4.78, 5) is 3.55. The van der Waals surface area contributed by atoms with Gasteiger partial charge < -0.3 is 9.64 Å². The lowest BCUT2D eigenvalue weighted by Gasteiger charge is -2.12. The summed E-state index contributed by atoms with van der Waals surface area (Å²) in [6, 6.07) is 19.2. The number of aromatic nitrogens is 1. The van der Waals surface area contributed by atoms with E-state index in [-0.39, 0.29) is 0 Å². The van der Waals surface area contributed by atoms with Gasteiger partial charge in [0.25, 0.3) is 0 Å². The SMILES string of the molecule is COCC[n+]1ccc(C=CC=C2Sc3ccccc3N2C)c2ccccc21. The Morgan fingerprint density at radius 1 is 1.07 bits per heavy atom. The summed E-state index contributed by atoms with van der Waals surface area (Å²) in [7, 11) is 3.86. The first-order valence-electron chi connectivity index (χ1n) is 9.07. The zero-order valence-electron chi connectivity index (χ0n) is 15.6. The third-order valence-electron chi connectivity index (χ3n) is 4.78. The number of thioether (sulfide) groups is 1. The number of hydrogen-bond acceptors (Lipinski definition) is 3. The van der Waals surface area contributed by atoms with E-state index in [1.54, 1.807) is 7.11 Å². The Kier molecular flexibility index (Phi) is 5.28. The number of benzene rings is 2. The second-order valence-corrected chi connectivity index (χ2v) is 7.53. The van der Waals surface area contributed by atoms with Crippen LogP contribution in [0.4, 0.5) is 5.69 Å². The van der Waals surface area contributed by atoms with Crippen LogP contribution >= 0.6 is 11.8 Å². The molecule has 2 aromatic carbocycles. The fourth-order valence-electron chi connectivity index (χ4n) is 3.34. The average molecular weight is 376 g/mol. The fraction of sp³-hybridized carbons (Fsp3) is 0.174. The van der Waals surface area contributed by atoms with Crippen molar-refractivity contribution in [2.75, 3.05) is 25.7 Å². The molecule has 0 saturated heterocycles. The normalized spacial score (nSPS) is 15.2. The lowest BCUT2D eigenvalue weighted by atomic mass is 10.1.